The Labute approximate surface area is 195 Å². The van der Waals surface area contributed by atoms with Gasteiger partial charge in [0.15, 0.2) is 0 Å². The molecule has 1 unspecified atom stereocenters. The summed E-state index contributed by atoms with van der Waals surface area (Å²) < 4.78 is 8.08. The molecule has 2 aromatic carbocycles. The van der Waals surface area contributed by atoms with E-state index in [4.69, 9.17) is 39.5 Å². The molecular weight excluding hydrogens is 465 g/mol. The summed E-state index contributed by atoms with van der Waals surface area (Å²) in [6, 6.07) is 13.0. The molecule has 0 amide bonds. The van der Waals surface area contributed by atoms with E-state index in [9.17, 15) is 10.1 Å². The van der Waals surface area contributed by atoms with Crippen LogP contribution in [-0.4, -0.2) is 20.7 Å². The standard InChI is InChI=1S/C18H15Cl3N2O.C3H7NO3/c19-14-3-1-13(2-4-14)11-24-18(10-23-8-7-22-12-23)16-6-5-15(20)9-17(16)21;1-3(2)7-4(5)6/h1-9,12,18H,10-11H2;3H,1-2H3. The molecule has 10 heteroatoms. The number of nitrogens with zero attached hydrogens (tertiary/aromatic N) is 3. The molecule has 0 N–H and O–H groups in total. The van der Waals surface area contributed by atoms with Crippen molar-refractivity contribution in [2.75, 3.05) is 0 Å². The molecule has 0 aliphatic rings. The molecule has 0 radical (unpaired) electrons. The predicted octanol–water partition coefficient (Wildman–Crippen LogP) is 6.40. The second kappa shape index (κ2) is 12.5. The maximum Gasteiger partial charge on any atom is 0.294 e. The minimum Gasteiger partial charge on any atom is -0.367 e. The summed E-state index contributed by atoms with van der Waals surface area (Å²) >= 11 is 18.3. The number of rotatable bonds is 8. The van der Waals surface area contributed by atoms with Crippen molar-refractivity contribution in [1.82, 2.24) is 9.55 Å². The first-order chi connectivity index (χ1) is 14.7. The topological polar surface area (TPSA) is 79.4 Å². The highest BCUT2D eigenvalue weighted by Crippen LogP contribution is 2.30. The van der Waals surface area contributed by atoms with Gasteiger partial charge in [-0.05, 0) is 43.7 Å². The Bertz CT molecular complexity index is 951. The number of hydrogen-bond acceptors (Lipinski definition) is 5. The van der Waals surface area contributed by atoms with E-state index in [1.807, 2.05) is 47.2 Å². The van der Waals surface area contributed by atoms with Gasteiger partial charge in [0, 0.05) is 33.0 Å². The van der Waals surface area contributed by atoms with Crippen LogP contribution < -0.4 is 0 Å². The molecule has 1 aromatic heterocycles. The first-order valence-corrected chi connectivity index (χ1v) is 10.5. The lowest BCUT2D eigenvalue weighted by Crippen LogP contribution is -2.12. The van der Waals surface area contributed by atoms with E-state index in [-0.39, 0.29) is 12.2 Å². The highest BCUT2D eigenvalue weighted by Gasteiger charge is 2.17. The number of ether oxygens (including phenoxy) is 1. The monoisotopic (exact) mass is 485 g/mol. The van der Waals surface area contributed by atoms with Crippen molar-refractivity contribution in [1.29, 1.82) is 0 Å². The van der Waals surface area contributed by atoms with Crippen molar-refractivity contribution in [2.24, 2.45) is 0 Å². The fourth-order valence-electron chi connectivity index (χ4n) is 2.54. The van der Waals surface area contributed by atoms with Gasteiger partial charge in [0.05, 0.1) is 19.5 Å². The molecule has 0 aliphatic carbocycles. The predicted molar refractivity (Wildman–Crippen MR) is 121 cm³/mol. The Morgan fingerprint density at radius 1 is 1.10 bits per heavy atom. The van der Waals surface area contributed by atoms with Crippen molar-refractivity contribution in [2.45, 2.75) is 39.2 Å². The summed E-state index contributed by atoms with van der Waals surface area (Å²) in [7, 11) is 0. The molecule has 7 nitrogen and oxygen atoms in total. The Balaban J connectivity index is 0.000000423. The first-order valence-electron chi connectivity index (χ1n) is 9.32. The van der Waals surface area contributed by atoms with Gasteiger partial charge in [-0.3, -0.25) is 0 Å². The van der Waals surface area contributed by atoms with Crippen LogP contribution in [0.3, 0.4) is 0 Å². The highest BCUT2D eigenvalue weighted by molar-refractivity contribution is 6.35. The summed E-state index contributed by atoms with van der Waals surface area (Å²) in [5, 5.41) is 10.5. The summed E-state index contributed by atoms with van der Waals surface area (Å²) in [6.45, 7) is 4.26. The number of hydrogen-bond donors (Lipinski definition) is 0. The minimum atomic E-state index is -0.801. The van der Waals surface area contributed by atoms with Crippen LogP contribution in [0.2, 0.25) is 15.1 Å². The molecule has 0 aliphatic heterocycles. The van der Waals surface area contributed by atoms with Crippen LogP contribution in [0.5, 0.6) is 0 Å². The molecule has 0 saturated carbocycles. The van der Waals surface area contributed by atoms with E-state index in [1.165, 1.54) is 0 Å². The molecule has 31 heavy (non-hydrogen) atoms. The van der Waals surface area contributed by atoms with E-state index in [2.05, 4.69) is 9.82 Å². The SMILES string of the molecule is CC(C)O[N+](=O)[O-].Clc1ccc(COC(Cn2ccnc2)c2ccc(Cl)cc2Cl)cc1. The van der Waals surface area contributed by atoms with Crippen molar-refractivity contribution in [3.8, 4) is 0 Å². The molecule has 0 fully saturated rings. The molecule has 0 spiro atoms. The van der Waals surface area contributed by atoms with Gasteiger partial charge < -0.3 is 14.1 Å². The summed E-state index contributed by atoms with van der Waals surface area (Å²) in [5.74, 6) is 0. The second-order valence-electron chi connectivity index (χ2n) is 6.73. The zero-order chi connectivity index (χ0) is 22.8. The van der Waals surface area contributed by atoms with Crippen molar-refractivity contribution in [3.63, 3.8) is 0 Å². The Morgan fingerprint density at radius 2 is 1.77 bits per heavy atom. The fraction of sp³-hybridized carbons (Fsp3) is 0.286. The van der Waals surface area contributed by atoms with Gasteiger partial charge >= 0.3 is 0 Å². The lowest BCUT2D eigenvalue weighted by Gasteiger charge is -2.20. The molecular formula is C21H22Cl3N3O4. The van der Waals surface area contributed by atoms with Crippen LogP contribution in [0.4, 0.5) is 0 Å². The molecule has 0 bridgehead atoms. The van der Waals surface area contributed by atoms with Gasteiger partial charge in [0.25, 0.3) is 5.09 Å². The summed E-state index contributed by atoms with van der Waals surface area (Å²) in [4.78, 5) is 17.4. The minimum absolute atomic E-state index is 0.223. The number of aromatic nitrogens is 2. The Hall–Kier alpha value is -2.32. The third-order valence-corrected chi connectivity index (χ3v) is 4.72. The van der Waals surface area contributed by atoms with E-state index in [1.54, 1.807) is 32.4 Å². The van der Waals surface area contributed by atoms with Crippen LogP contribution in [0.15, 0.2) is 61.2 Å². The van der Waals surface area contributed by atoms with Gasteiger partial charge in [-0.1, -0.05) is 53.0 Å². The van der Waals surface area contributed by atoms with Crippen molar-refractivity contribution >= 4 is 34.8 Å². The molecule has 3 rings (SSSR count). The average molecular weight is 487 g/mol. The lowest BCUT2D eigenvalue weighted by atomic mass is 10.1. The van der Waals surface area contributed by atoms with Crippen molar-refractivity contribution in [3.05, 3.63) is 97.5 Å². The van der Waals surface area contributed by atoms with E-state index in [0.29, 0.717) is 28.2 Å². The van der Waals surface area contributed by atoms with Gasteiger partial charge in [-0.15, -0.1) is 10.1 Å². The van der Waals surface area contributed by atoms with E-state index in [0.717, 1.165) is 11.1 Å². The number of halogens is 3. The van der Waals surface area contributed by atoms with Crippen LogP contribution in [-0.2, 0) is 22.7 Å². The normalized spacial score (nSPS) is 11.5. The first kappa shape index (κ1) is 24.9. The largest absolute Gasteiger partial charge is 0.367 e. The van der Waals surface area contributed by atoms with Gasteiger partial charge in [0.1, 0.15) is 12.2 Å². The smallest absolute Gasteiger partial charge is 0.294 e. The zero-order valence-electron chi connectivity index (χ0n) is 17.0. The van der Waals surface area contributed by atoms with Crippen LogP contribution >= 0.6 is 34.8 Å². The lowest BCUT2D eigenvalue weighted by molar-refractivity contribution is -0.766. The van der Waals surface area contributed by atoms with Crippen molar-refractivity contribution < 1.29 is 14.7 Å². The summed E-state index contributed by atoms with van der Waals surface area (Å²) in [6.07, 6.45) is 4.83. The van der Waals surface area contributed by atoms with E-state index >= 15 is 0 Å². The number of benzene rings is 2. The quantitative estimate of drug-likeness (QED) is 0.272. The maximum atomic E-state index is 9.39. The number of imidazole rings is 1. The fourth-order valence-corrected chi connectivity index (χ4v) is 3.20. The third-order valence-electron chi connectivity index (χ3n) is 3.91. The van der Waals surface area contributed by atoms with Crippen LogP contribution in [0, 0.1) is 10.1 Å². The van der Waals surface area contributed by atoms with Gasteiger partial charge in [0.2, 0.25) is 0 Å². The van der Waals surface area contributed by atoms with E-state index < -0.39 is 5.09 Å². The Kier molecular flexibility index (Phi) is 10.1. The zero-order valence-corrected chi connectivity index (χ0v) is 19.2. The third kappa shape index (κ3) is 9.14. The molecule has 0 saturated heterocycles. The summed E-state index contributed by atoms with van der Waals surface area (Å²) in [5.41, 5.74) is 1.93. The van der Waals surface area contributed by atoms with Gasteiger partial charge in [-0.2, -0.15) is 0 Å². The second-order valence-corrected chi connectivity index (χ2v) is 8.01. The molecule has 1 heterocycles. The van der Waals surface area contributed by atoms with Gasteiger partial charge in [-0.25, -0.2) is 4.98 Å². The molecule has 166 valence electrons. The highest BCUT2D eigenvalue weighted by atomic mass is 35.5. The maximum absolute atomic E-state index is 9.39. The molecule has 1 atom stereocenters. The Morgan fingerprint density at radius 3 is 2.29 bits per heavy atom. The van der Waals surface area contributed by atoms with Crippen LogP contribution in [0.1, 0.15) is 31.1 Å². The average Bonchev–Trinajstić information content (AvgIpc) is 3.19. The molecule has 3 aromatic rings. The van der Waals surface area contributed by atoms with Crippen LogP contribution in [0.25, 0.3) is 0 Å².